The first-order chi connectivity index (χ1) is 7.18. The minimum absolute atomic E-state index is 0.352. The lowest BCUT2D eigenvalue weighted by molar-refractivity contribution is 0.0934. The van der Waals surface area contributed by atoms with Crippen LogP contribution in [0.15, 0.2) is 5.38 Å². The minimum Gasteiger partial charge on any atom is -0.380 e. The van der Waals surface area contributed by atoms with Crippen LogP contribution >= 0.6 is 11.5 Å². The highest BCUT2D eigenvalue weighted by atomic mass is 32.1. The zero-order valence-corrected chi connectivity index (χ0v) is 10.4. The van der Waals surface area contributed by atoms with Gasteiger partial charge in [0.1, 0.15) is 0 Å². The third-order valence-electron chi connectivity index (χ3n) is 1.86. The molecule has 0 aliphatic rings. The van der Waals surface area contributed by atoms with Crippen LogP contribution in [0.3, 0.4) is 0 Å². The molecule has 1 unspecified atom stereocenters. The monoisotopic (exact) mass is 229 g/mol. The fourth-order valence-corrected chi connectivity index (χ4v) is 1.53. The zero-order chi connectivity index (χ0) is 11.1. The maximum Gasteiger partial charge on any atom is 0.0893 e. The predicted octanol–water partition coefficient (Wildman–Crippen LogP) is 1.69. The van der Waals surface area contributed by atoms with E-state index in [2.05, 4.69) is 35.7 Å². The lowest BCUT2D eigenvalue weighted by Crippen LogP contribution is -2.30. The lowest BCUT2D eigenvalue weighted by Gasteiger charge is -2.14. The van der Waals surface area contributed by atoms with Gasteiger partial charge in [0, 0.05) is 24.6 Å². The van der Waals surface area contributed by atoms with E-state index in [4.69, 9.17) is 4.74 Å². The van der Waals surface area contributed by atoms with Gasteiger partial charge in [0.2, 0.25) is 0 Å². The van der Waals surface area contributed by atoms with Crippen molar-refractivity contribution in [2.24, 2.45) is 5.92 Å². The van der Waals surface area contributed by atoms with Crippen LogP contribution < -0.4 is 5.32 Å². The highest BCUT2D eigenvalue weighted by molar-refractivity contribution is 7.03. The van der Waals surface area contributed by atoms with E-state index in [9.17, 15) is 0 Å². The van der Waals surface area contributed by atoms with Crippen molar-refractivity contribution in [2.45, 2.75) is 33.4 Å². The van der Waals surface area contributed by atoms with E-state index in [-0.39, 0.29) is 0 Å². The van der Waals surface area contributed by atoms with E-state index in [0.717, 1.165) is 25.5 Å². The molecule has 0 aliphatic heterocycles. The van der Waals surface area contributed by atoms with Crippen LogP contribution in [-0.4, -0.2) is 28.8 Å². The molecule has 1 N–H and O–H groups in total. The van der Waals surface area contributed by atoms with E-state index in [1.165, 1.54) is 11.5 Å². The third kappa shape index (κ3) is 5.81. The number of nitrogens with one attached hydrogen (secondary N) is 1. The molecule has 1 rings (SSSR count). The van der Waals surface area contributed by atoms with Crippen LogP contribution in [0.2, 0.25) is 0 Å². The van der Waals surface area contributed by atoms with Gasteiger partial charge >= 0.3 is 0 Å². The van der Waals surface area contributed by atoms with E-state index >= 15 is 0 Å². The molecule has 0 fully saturated rings. The second-order valence-electron chi connectivity index (χ2n) is 4.11. The molecular weight excluding hydrogens is 210 g/mol. The second kappa shape index (κ2) is 6.87. The summed E-state index contributed by atoms with van der Waals surface area (Å²) in [4.78, 5) is 0. The highest BCUT2D eigenvalue weighted by Gasteiger charge is 2.03. The molecule has 0 bridgehead atoms. The predicted molar refractivity (Wildman–Crippen MR) is 61.9 cm³/mol. The Balaban J connectivity index is 2.06. The summed E-state index contributed by atoms with van der Waals surface area (Å²) in [5, 5.41) is 9.25. The Hall–Kier alpha value is -0.520. The molecule has 86 valence electrons. The highest BCUT2D eigenvalue weighted by Crippen LogP contribution is 1.98. The summed E-state index contributed by atoms with van der Waals surface area (Å²) < 4.78 is 9.34. The quantitative estimate of drug-likeness (QED) is 0.773. The average molecular weight is 229 g/mol. The van der Waals surface area contributed by atoms with Gasteiger partial charge in [-0.05, 0) is 24.4 Å². The molecule has 0 saturated carbocycles. The molecule has 0 radical (unpaired) electrons. The van der Waals surface area contributed by atoms with Gasteiger partial charge in [0.05, 0.1) is 12.3 Å². The molecule has 1 heterocycles. The van der Waals surface area contributed by atoms with Gasteiger partial charge in [-0.1, -0.05) is 18.3 Å². The van der Waals surface area contributed by atoms with Crippen LogP contribution in [0.5, 0.6) is 0 Å². The number of hydrogen-bond acceptors (Lipinski definition) is 5. The fraction of sp³-hybridized carbons (Fsp3) is 0.800. The molecule has 4 nitrogen and oxygen atoms in total. The van der Waals surface area contributed by atoms with Gasteiger partial charge < -0.3 is 10.1 Å². The number of rotatable bonds is 7. The average Bonchev–Trinajstić information content (AvgIpc) is 2.66. The number of aromatic nitrogens is 2. The summed E-state index contributed by atoms with van der Waals surface area (Å²) in [5.41, 5.74) is 0.996. The Kier molecular flexibility index (Phi) is 5.75. The Bertz CT molecular complexity index is 251. The molecule has 1 aromatic heterocycles. The SMILES string of the molecule is CC(C)COCC(C)NCc1csnn1. The van der Waals surface area contributed by atoms with Crippen molar-refractivity contribution in [3.05, 3.63) is 11.1 Å². The maximum atomic E-state index is 5.53. The molecule has 0 aromatic carbocycles. The molecule has 5 heteroatoms. The van der Waals surface area contributed by atoms with E-state index in [1.807, 2.05) is 5.38 Å². The van der Waals surface area contributed by atoms with Crippen LogP contribution in [0.4, 0.5) is 0 Å². The van der Waals surface area contributed by atoms with Crippen LogP contribution in [0.25, 0.3) is 0 Å². The van der Waals surface area contributed by atoms with Crippen molar-refractivity contribution in [1.82, 2.24) is 14.9 Å². The summed E-state index contributed by atoms with van der Waals surface area (Å²) in [7, 11) is 0. The third-order valence-corrected chi connectivity index (χ3v) is 2.41. The first-order valence-electron chi connectivity index (χ1n) is 5.25. The van der Waals surface area contributed by atoms with E-state index in [0.29, 0.717) is 12.0 Å². The molecule has 0 saturated heterocycles. The maximum absolute atomic E-state index is 5.53. The molecular formula is C10H19N3OS. The second-order valence-corrected chi connectivity index (χ2v) is 4.72. The Morgan fingerprint density at radius 1 is 1.40 bits per heavy atom. The largest absolute Gasteiger partial charge is 0.380 e. The zero-order valence-electron chi connectivity index (χ0n) is 9.56. The molecule has 0 amide bonds. The summed E-state index contributed by atoms with van der Waals surface area (Å²) in [6.07, 6.45) is 0. The van der Waals surface area contributed by atoms with E-state index < -0.39 is 0 Å². The van der Waals surface area contributed by atoms with Crippen molar-refractivity contribution in [3.8, 4) is 0 Å². The minimum atomic E-state index is 0.352. The number of nitrogens with zero attached hydrogens (tertiary/aromatic N) is 2. The summed E-state index contributed by atoms with van der Waals surface area (Å²) >= 11 is 1.38. The first-order valence-corrected chi connectivity index (χ1v) is 6.09. The van der Waals surface area contributed by atoms with Crippen LogP contribution in [0.1, 0.15) is 26.5 Å². The van der Waals surface area contributed by atoms with Gasteiger partial charge in [-0.15, -0.1) is 5.10 Å². The van der Waals surface area contributed by atoms with Gasteiger partial charge in [-0.3, -0.25) is 0 Å². The van der Waals surface area contributed by atoms with Crippen LogP contribution in [0, 0.1) is 5.92 Å². The van der Waals surface area contributed by atoms with Crippen molar-refractivity contribution in [3.63, 3.8) is 0 Å². The smallest absolute Gasteiger partial charge is 0.0893 e. The summed E-state index contributed by atoms with van der Waals surface area (Å²) in [5.74, 6) is 0.597. The molecule has 0 spiro atoms. The molecule has 1 aromatic rings. The van der Waals surface area contributed by atoms with Crippen molar-refractivity contribution < 1.29 is 4.74 Å². The summed E-state index contributed by atoms with van der Waals surface area (Å²) in [6.45, 7) is 8.75. The Morgan fingerprint density at radius 3 is 2.80 bits per heavy atom. The number of ether oxygens (including phenoxy) is 1. The van der Waals surface area contributed by atoms with Crippen molar-refractivity contribution in [1.29, 1.82) is 0 Å². The first kappa shape index (κ1) is 12.5. The van der Waals surface area contributed by atoms with Crippen LogP contribution in [-0.2, 0) is 11.3 Å². The van der Waals surface area contributed by atoms with Gasteiger partial charge in [0.25, 0.3) is 0 Å². The molecule has 15 heavy (non-hydrogen) atoms. The normalized spacial score (nSPS) is 13.3. The molecule has 1 atom stereocenters. The van der Waals surface area contributed by atoms with Crippen molar-refractivity contribution >= 4 is 11.5 Å². The van der Waals surface area contributed by atoms with Gasteiger partial charge in [0.15, 0.2) is 0 Å². The van der Waals surface area contributed by atoms with Gasteiger partial charge in [-0.25, -0.2) is 0 Å². The number of hydrogen-bond donors (Lipinski definition) is 1. The lowest BCUT2D eigenvalue weighted by atomic mass is 10.2. The van der Waals surface area contributed by atoms with E-state index in [1.54, 1.807) is 0 Å². The standard InChI is InChI=1S/C10H19N3OS/c1-8(2)5-14-6-9(3)11-4-10-7-15-13-12-10/h7-9,11H,4-6H2,1-3H3. The topological polar surface area (TPSA) is 47.0 Å². The van der Waals surface area contributed by atoms with Crippen molar-refractivity contribution in [2.75, 3.05) is 13.2 Å². The Morgan fingerprint density at radius 2 is 2.20 bits per heavy atom. The van der Waals surface area contributed by atoms with Gasteiger partial charge in [-0.2, -0.15) is 0 Å². The Labute approximate surface area is 95.2 Å². The summed E-state index contributed by atoms with van der Waals surface area (Å²) in [6, 6.07) is 0.352. The fourth-order valence-electron chi connectivity index (χ4n) is 1.08. The molecule has 0 aliphatic carbocycles.